The zero-order valence-electron chi connectivity index (χ0n) is 10.2. The average Bonchev–Trinajstić information content (AvgIpc) is 2.81. The molecule has 0 aliphatic heterocycles. The van der Waals surface area contributed by atoms with Crippen molar-refractivity contribution in [2.75, 3.05) is 11.9 Å². The van der Waals surface area contributed by atoms with E-state index in [-0.39, 0.29) is 29.1 Å². The van der Waals surface area contributed by atoms with Gasteiger partial charge in [0.05, 0.1) is 16.6 Å². The Bertz CT molecular complexity index is 526. The Morgan fingerprint density at radius 1 is 1.63 bits per heavy atom. The molecular formula is C12H14N4O3. The second-order valence-corrected chi connectivity index (χ2v) is 4.60. The van der Waals surface area contributed by atoms with Crippen LogP contribution in [0.1, 0.15) is 24.8 Å². The van der Waals surface area contributed by atoms with Crippen molar-refractivity contribution in [1.82, 2.24) is 4.98 Å². The van der Waals surface area contributed by atoms with E-state index in [9.17, 15) is 15.2 Å². The smallest absolute Gasteiger partial charge is 0.312 e. The van der Waals surface area contributed by atoms with Gasteiger partial charge in [0.2, 0.25) is 5.82 Å². The summed E-state index contributed by atoms with van der Waals surface area (Å²) < 4.78 is 0. The van der Waals surface area contributed by atoms with Gasteiger partial charge in [-0.05, 0) is 12.8 Å². The number of nitrogens with zero attached hydrogens (tertiary/aromatic N) is 3. The highest BCUT2D eigenvalue weighted by Crippen LogP contribution is 2.27. The molecule has 1 aliphatic carbocycles. The van der Waals surface area contributed by atoms with E-state index in [4.69, 9.17) is 5.26 Å². The van der Waals surface area contributed by atoms with E-state index in [0.717, 1.165) is 19.3 Å². The number of nitriles is 1. The van der Waals surface area contributed by atoms with E-state index in [0.29, 0.717) is 6.54 Å². The Kier molecular flexibility index (Phi) is 3.92. The van der Waals surface area contributed by atoms with Crippen LogP contribution in [0.25, 0.3) is 0 Å². The molecule has 0 spiro atoms. The number of anilines is 1. The number of rotatable bonds is 4. The molecule has 1 aromatic rings. The molecule has 2 unspecified atom stereocenters. The second-order valence-electron chi connectivity index (χ2n) is 4.60. The minimum atomic E-state index is -0.568. The molecule has 0 aromatic carbocycles. The fraction of sp³-hybridized carbons (Fsp3) is 0.500. The summed E-state index contributed by atoms with van der Waals surface area (Å²) in [5, 5.41) is 32.2. The lowest BCUT2D eigenvalue weighted by Crippen LogP contribution is -2.22. The summed E-state index contributed by atoms with van der Waals surface area (Å²) >= 11 is 0. The summed E-state index contributed by atoms with van der Waals surface area (Å²) in [6, 6.07) is 3.01. The van der Waals surface area contributed by atoms with Crippen molar-refractivity contribution in [2.24, 2.45) is 5.92 Å². The van der Waals surface area contributed by atoms with Crippen LogP contribution in [0.5, 0.6) is 0 Å². The van der Waals surface area contributed by atoms with Crippen LogP contribution in [0.15, 0.2) is 12.3 Å². The molecule has 1 aliphatic rings. The molecule has 7 heteroatoms. The van der Waals surface area contributed by atoms with Crippen LogP contribution in [0.4, 0.5) is 11.5 Å². The zero-order chi connectivity index (χ0) is 13.8. The normalized spacial score (nSPS) is 21.9. The number of pyridine rings is 1. The Balaban J connectivity index is 2.11. The highest BCUT2D eigenvalue weighted by Gasteiger charge is 2.26. The minimum absolute atomic E-state index is 0.0945. The first kappa shape index (κ1) is 13.2. The quantitative estimate of drug-likeness (QED) is 0.627. The van der Waals surface area contributed by atoms with Crippen molar-refractivity contribution >= 4 is 11.5 Å². The fourth-order valence-corrected chi connectivity index (χ4v) is 2.27. The summed E-state index contributed by atoms with van der Waals surface area (Å²) in [6.45, 7) is 0.445. The van der Waals surface area contributed by atoms with Gasteiger partial charge >= 0.3 is 5.69 Å². The second kappa shape index (κ2) is 5.63. The molecule has 1 heterocycles. The first-order chi connectivity index (χ1) is 9.11. The third kappa shape index (κ3) is 2.98. The van der Waals surface area contributed by atoms with Crippen LogP contribution in [0, 0.1) is 27.4 Å². The van der Waals surface area contributed by atoms with Gasteiger partial charge in [-0.1, -0.05) is 6.42 Å². The van der Waals surface area contributed by atoms with Gasteiger partial charge in [0.25, 0.3) is 0 Å². The van der Waals surface area contributed by atoms with Crippen molar-refractivity contribution in [3.63, 3.8) is 0 Å². The summed E-state index contributed by atoms with van der Waals surface area (Å²) in [4.78, 5) is 14.2. The molecular weight excluding hydrogens is 248 g/mol. The standard InChI is InChI=1S/C12H14N4O3/c13-5-8-4-10(16(18)19)12(14-6-8)15-7-9-2-1-3-11(9)17/h4,6,9,11,17H,1-3,7H2,(H,14,15). The molecule has 19 heavy (non-hydrogen) atoms. The number of nitro groups is 1. The number of aliphatic hydroxyl groups excluding tert-OH is 1. The van der Waals surface area contributed by atoms with Crippen LogP contribution < -0.4 is 5.32 Å². The number of nitrogens with one attached hydrogen (secondary N) is 1. The van der Waals surface area contributed by atoms with Gasteiger partial charge in [0.15, 0.2) is 0 Å². The van der Waals surface area contributed by atoms with Crippen molar-refractivity contribution in [2.45, 2.75) is 25.4 Å². The minimum Gasteiger partial charge on any atom is -0.393 e. The van der Waals surface area contributed by atoms with Crippen molar-refractivity contribution < 1.29 is 10.0 Å². The molecule has 1 aromatic heterocycles. The molecule has 0 amide bonds. The molecule has 0 bridgehead atoms. The van der Waals surface area contributed by atoms with Gasteiger partial charge in [0.1, 0.15) is 6.07 Å². The Morgan fingerprint density at radius 3 is 3.00 bits per heavy atom. The predicted molar refractivity (Wildman–Crippen MR) is 67.4 cm³/mol. The molecule has 1 fully saturated rings. The van der Waals surface area contributed by atoms with Crippen LogP contribution >= 0.6 is 0 Å². The van der Waals surface area contributed by atoms with Gasteiger partial charge in [-0.3, -0.25) is 10.1 Å². The number of hydrogen-bond acceptors (Lipinski definition) is 6. The van der Waals surface area contributed by atoms with E-state index in [2.05, 4.69) is 10.3 Å². The maximum Gasteiger partial charge on any atom is 0.312 e. The number of aliphatic hydroxyl groups is 1. The van der Waals surface area contributed by atoms with E-state index in [1.54, 1.807) is 0 Å². The monoisotopic (exact) mass is 262 g/mol. The SMILES string of the molecule is N#Cc1cnc(NCC2CCCC2O)c([N+](=O)[O-])c1. The van der Waals surface area contributed by atoms with Crippen LogP contribution in [0.3, 0.4) is 0 Å². The summed E-state index contributed by atoms with van der Waals surface area (Å²) in [5.74, 6) is 0.236. The van der Waals surface area contributed by atoms with Crippen molar-refractivity contribution in [3.8, 4) is 6.07 Å². The lowest BCUT2D eigenvalue weighted by atomic mass is 10.1. The highest BCUT2D eigenvalue weighted by molar-refractivity contribution is 5.58. The molecule has 2 rings (SSSR count). The summed E-state index contributed by atoms with van der Waals surface area (Å²) in [5.41, 5.74) is -0.0651. The predicted octanol–water partition coefficient (Wildman–Crippen LogP) is 1.43. The zero-order valence-corrected chi connectivity index (χ0v) is 10.2. The first-order valence-corrected chi connectivity index (χ1v) is 6.08. The fourth-order valence-electron chi connectivity index (χ4n) is 2.27. The average molecular weight is 262 g/mol. The maximum atomic E-state index is 10.9. The van der Waals surface area contributed by atoms with E-state index < -0.39 is 4.92 Å². The lowest BCUT2D eigenvalue weighted by molar-refractivity contribution is -0.384. The van der Waals surface area contributed by atoms with E-state index in [1.807, 2.05) is 6.07 Å². The Hall–Kier alpha value is -2.20. The first-order valence-electron chi connectivity index (χ1n) is 6.08. The molecule has 0 saturated heterocycles. The molecule has 0 radical (unpaired) electrons. The van der Waals surface area contributed by atoms with Crippen LogP contribution in [-0.2, 0) is 0 Å². The van der Waals surface area contributed by atoms with E-state index in [1.165, 1.54) is 12.3 Å². The molecule has 2 N–H and O–H groups in total. The van der Waals surface area contributed by atoms with Crippen LogP contribution in [0.2, 0.25) is 0 Å². The van der Waals surface area contributed by atoms with Crippen molar-refractivity contribution in [1.29, 1.82) is 5.26 Å². The third-order valence-corrected chi connectivity index (χ3v) is 3.34. The van der Waals surface area contributed by atoms with Gasteiger partial charge < -0.3 is 10.4 Å². The third-order valence-electron chi connectivity index (χ3n) is 3.34. The van der Waals surface area contributed by atoms with Crippen LogP contribution in [-0.4, -0.2) is 27.7 Å². The van der Waals surface area contributed by atoms with Gasteiger partial charge in [0, 0.05) is 24.7 Å². The molecule has 1 saturated carbocycles. The molecule has 100 valence electrons. The summed E-state index contributed by atoms with van der Waals surface area (Å²) in [7, 11) is 0. The maximum absolute atomic E-state index is 10.9. The highest BCUT2D eigenvalue weighted by atomic mass is 16.6. The molecule has 2 atom stereocenters. The Labute approximate surface area is 110 Å². The lowest BCUT2D eigenvalue weighted by Gasteiger charge is -2.15. The van der Waals surface area contributed by atoms with Gasteiger partial charge in [-0.25, -0.2) is 4.98 Å². The molecule has 7 nitrogen and oxygen atoms in total. The number of aromatic nitrogens is 1. The Morgan fingerprint density at radius 2 is 2.42 bits per heavy atom. The summed E-state index contributed by atoms with van der Waals surface area (Å²) in [6.07, 6.45) is 3.58. The van der Waals surface area contributed by atoms with Gasteiger partial charge in [-0.15, -0.1) is 0 Å². The van der Waals surface area contributed by atoms with Gasteiger partial charge in [-0.2, -0.15) is 5.26 Å². The topological polar surface area (TPSA) is 112 Å². The largest absolute Gasteiger partial charge is 0.393 e. The number of hydrogen-bond donors (Lipinski definition) is 2. The van der Waals surface area contributed by atoms with E-state index >= 15 is 0 Å². The van der Waals surface area contributed by atoms with Crippen molar-refractivity contribution in [3.05, 3.63) is 27.9 Å².